The Morgan fingerprint density at radius 1 is 1.06 bits per heavy atom. The minimum absolute atomic E-state index is 0. The van der Waals surface area contributed by atoms with E-state index in [0.717, 1.165) is 45.6 Å². The molecule has 2 aromatic carbocycles. The molecule has 0 saturated heterocycles. The van der Waals surface area contributed by atoms with Crippen LogP contribution in [0.4, 0.5) is 0 Å². The van der Waals surface area contributed by atoms with Crippen LogP contribution in [-0.2, 0) is 4.84 Å². The lowest BCUT2D eigenvalue weighted by Gasteiger charge is -2.14. The molecule has 1 aromatic heterocycles. The molecule has 0 aliphatic heterocycles. The van der Waals surface area contributed by atoms with Gasteiger partial charge in [-0.2, -0.15) is 0 Å². The molecule has 8 heteroatoms. The molecule has 186 valence electrons. The van der Waals surface area contributed by atoms with Crippen molar-refractivity contribution in [1.29, 1.82) is 0 Å². The Morgan fingerprint density at radius 2 is 1.74 bits per heavy atom. The number of likely N-dealkylation sites (N-methyl/N-ethyl adjacent to an activating group) is 1. The van der Waals surface area contributed by atoms with Crippen molar-refractivity contribution in [2.45, 2.75) is 20.0 Å². The SMILES string of the molecule is C#CC(ON=C1c2cc(OC)c(OC)cc2-c2[nH]c3ccc(OCCN(C)C)cc3c21)C(C)C.Cl. The number of fused-ring (bicyclic) bond motifs is 5. The van der Waals surface area contributed by atoms with Crippen LogP contribution in [0.5, 0.6) is 17.2 Å². The highest BCUT2D eigenvalue weighted by atomic mass is 35.5. The fourth-order valence-corrected chi connectivity index (χ4v) is 4.02. The predicted octanol–water partition coefficient (Wildman–Crippen LogP) is 4.95. The van der Waals surface area contributed by atoms with E-state index >= 15 is 0 Å². The average molecular weight is 498 g/mol. The number of terminal acetylenes is 1. The lowest BCUT2D eigenvalue weighted by Crippen LogP contribution is -2.19. The van der Waals surface area contributed by atoms with Crippen LogP contribution >= 0.6 is 12.4 Å². The topological polar surface area (TPSA) is 68.3 Å². The first-order valence-electron chi connectivity index (χ1n) is 11.3. The number of halogens is 1. The molecule has 0 amide bonds. The number of hydrogen-bond donors (Lipinski definition) is 1. The molecule has 1 aliphatic rings. The summed E-state index contributed by atoms with van der Waals surface area (Å²) in [5.41, 5.74) is 5.42. The fourth-order valence-electron chi connectivity index (χ4n) is 4.02. The number of aromatic nitrogens is 1. The van der Waals surface area contributed by atoms with Crippen LogP contribution in [0.2, 0.25) is 0 Å². The van der Waals surface area contributed by atoms with Crippen molar-refractivity contribution in [2.24, 2.45) is 11.1 Å². The van der Waals surface area contributed by atoms with Crippen LogP contribution in [-0.4, -0.2) is 63.2 Å². The molecule has 0 radical (unpaired) electrons. The Bertz CT molecular complexity index is 1270. The number of rotatable bonds is 9. The monoisotopic (exact) mass is 497 g/mol. The van der Waals surface area contributed by atoms with Gasteiger partial charge in [0, 0.05) is 40.1 Å². The summed E-state index contributed by atoms with van der Waals surface area (Å²) in [5.74, 6) is 4.86. The fraction of sp³-hybridized carbons (Fsp3) is 0.370. The number of benzene rings is 2. The van der Waals surface area contributed by atoms with Gasteiger partial charge in [0.05, 0.1) is 19.9 Å². The van der Waals surface area contributed by atoms with Crippen LogP contribution in [0, 0.1) is 18.3 Å². The summed E-state index contributed by atoms with van der Waals surface area (Å²) >= 11 is 0. The molecule has 0 bridgehead atoms. The molecule has 0 saturated carbocycles. The second-order valence-corrected chi connectivity index (χ2v) is 8.86. The summed E-state index contributed by atoms with van der Waals surface area (Å²) in [4.78, 5) is 11.5. The summed E-state index contributed by atoms with van der Waals surface area (Å²) in [7, 11) is 7.29. The summed E-state index contributed by atoms with van der Waals surface area (Å²) in [6, 6.07) is 9.92. The molecular formula is C27H32ClN3O4. The molecule has 4 rings (SSSR count). The summed E-state index contributed by atoms with van der Waals surface area (Å²) in [6.45, 7) is 5.45. The quantitative estimate of drug-likeness (QED) is 0.261. The van der Waals surface area contributed by atoms with Crippen LogP contribution in [0.1, 0.15) is 25.0 Å². The Labute approximate surface area is 212 Å². The van der Waals surface area contributed by atoms with E-state index in [1.54, 1.807) is 14.2 Å². The summed E-state index contributed by atoms with van der Waals surface area (Å²) in [5, 5.41) is 5.57. The third-order valence-corrected chi connectivity index (χ3v) is 5.89. The highest BCUT2D eigenvalue weighted by Gasteiger charge is 2.32. The highest BCUT2D eigenvalue weighted by molar-refractivity contribution is 6.30. The van der Waals surface area contributed by atoms with Crippen molar-refractivity contribution in [3.8, 4) is 40.8 Å². The lowest BCUT2D eigenvalue weighted by molar-refractivity contribution is 0.0681. The van der Waals surface area contributed by atoms with Gasteiger partial charge in [-0.1, -0.05) is 24.9 Å². The number of hydrogen-bond acceptors (Lipinski definition) is 6. The molecule has 0 spiro atoms. The van der Waals surface area contributed by atoms with Gasteiger partial charge in [0.2, 0.25) is 0 Å². The van der Waals surface area contributed by atoms with E-state index in [1.807, 2.05) is 58.3 Å². The molecule has 0 fully saturated rings. The number of oxime groups is 1. The van der Waals surface area contributed by atoms with Crippen LogP contribution < -0.4 is 14.2 Å². The van der Waals surface area contributed by atoms with Gasteiger partial charge in [0.1, 0.15) is 18.1 Å². The molecule has 1 aliphatic carbocycles. The number of ether oxygens (including phenoxy) is 3. The summed E-state index contributed by atoms with van der Waals surface area (Å²) < 4.78 is 17.1. The van der Waals surface area contributed by atoms with Crippen molar-refractivity contribution in [3.63, 3.8) is 0 Å². The van der Waals surface area contributed by atoms with Crippen LogP contribution in [0.15, 0.2) is 35.5 Å². The second-order valence-electron chi connectivity index (χ2n) is 8.86. The van der Waals surface area contributed by atoms with E-state index < -0.39 is 6.10 Å². The normalized spacial score (nSPS) is 13.9. The van der Waals surface area contributed by atoms with Gasteiger partial charge in [0.25, 0.3) is 0 Å². The number of H-pyrrole nitrogens is 1. The van der Waals surface area contributed by atoms with Gasteiger partial charge in [-0.15, -0.1) is 18.8 Å². The maximum atomic E-state index is 5.99. The Balaban J connectivity index is 0.00000342. The van der Waals surface area contributed by atoms with Gasteiger partial charge >= 0.3 is 0 Å². The van der Waals surface area contributed by atoms with Crippen molar-refractivity contribution in [1.82, 2.24) is 9.88 Å². The number of nitrogens with zero attached hydrogens (tertiary/aromatic N) is 2. The second kappa shape index (κ2) is 10.9. The first-order chi connectivity index (χ1) is 16.4. The lowest BCUT2D eigenvalue weighted by atomic mass is 10.1. The molecule has 3 aromatic rings. The first-order valence-corrected chi connectivity index (χ1v) is 11.3. The van der Waals surface area contributed by atoms with Gasteiger partial charge < -0.3 is 28.9 Å². The summed E-state index contributed by atoms with van der Waals surface area (Å²) in [6.07, 6.45) is 5.25. The zero-order chi connectivity index (χ0) is 24.4. The smallest absolute Gasteiger partial charge is 0.189 e. The highest BCUT2D eigenvalue weighted by Crippen LogP contribution is 2.46. The number of aromatic amines is 1. The minimum atomic E-state index is -0.435. The van der Waals surface area contributed by atoms with E-state index in [0.29, 0.717) is 23.8 Å². The largest absolute Gasteiger partial charge is 0.493 e. The third-order valence-electron chi connectivity index (χ3n) is 5.89. The van der Waals surface area contributed by atoms with Crippen LogP contribution in [0.3, 0.4) is 0 Å². The van der Waals surface area contributed by atoms with Gasteiger partial charge in [-0.05, 0) is 44.4 Å². The molecule has 7 nitrogen and oxygen atoms in total. The van der Waals surface area contributed by atoms with E-state index in [1.165, 1.54) is 0 Å². The zero-order valence-corrected chi connectivity index (χ0v) is 21.8. The predicted molar refractivity (Wildman–Crippen MR) is 142 cm³/mol. The van der Waals surface area contributed by atoms with Gasteiger partial charge in [-0.3, -0.25) is 0 Å². The van der Waals surface area contributed by atoms with Gasteiger partial charge in [-0.25, -0.2) is 0 Å². The van der Waals surface area contributed by atoms with Crippen molar-refractivity contribution in [3.05, 3.63) is 41.5 Å². The molecule has 1 unspecified atom stereocenters. The third kappa shape index (κ3) is 5.04. The Hall–Kier alpha value is -3.34. The van der Waals surface area contributed by atoms with E-state index in [4.69, 9.17) is 25.5 Å². The maximum Gasteiger partial charge on any atom is 0.189 e. The number of nitrogens with one attached hydrogen (secondary N) is 1. The van der Waals surface area contributed by atoms with E-state index in [9.17, 15) is 0 Å². The standard InChI is InChI=1S/C27H31N3O4.ClH/c1-8-22(16(2)3)34-29-27-19-15-24(32-7)23(31-6)14-18(19)26-25(27)20-13-17(9-10-21(20)28-26)33-12-11-30(4)5;/h1,9-10,13-16,22,28H,11-12H2,2-7H3;1H. The van der Waals surface area contributed by atoms with Gasteiger partial charge in [0.15, 0.2) is 17.6 Å². The van der Waals surface area contributed by atoms with Crippen LogP contribution in [0.25, 0.3) is 22.2 Å². The maximum absolute atomic E-state index is 5.99. The molecule has 35 heavy (non-hydrogen) atoms. The first kappa shape index (κ1) is 26.3. The van der Waals surface area contributed by atoms with Crippen molar-refractivity contribution in [2.75, 3.05) is 41.5 Å². The molecule has 1 N–H and O–H groups in total. The molecular weight excluding hydrogens is 466 g/mol. The van der Waals surface area contributed by atoms with E-state index in [-0.39, 0.29) is 18.3 Å². The number of methoxy groups -OCH3 is 2. The Kier molecular flexibility index (Phi) is 8.21. The zero-order valence-electron chi connectivity index (χ0n) is 21.0. The van der Waals surface area contributed by atoms with Crippen molar-refractivity contribution < 1.29 is 19.0 Å². The van der Waals surface area contributed by atoms with E-state index in [2.05, 4.69) is 21.0 Å². The molecule has 1 atom stereocenters. The average Bonchev–Trinajstić information content (AvgIpc) is 3.32. The minimum Gasteiger partial charge on any atom is -0.493 e. The van der Waals surface area contributed by atoms with Crippen molar-refractivity contribution >= 4 is 29.0 Å². The molecule has 1 heterocycles. The Morgan fingerprint density at radius 3 is 2.34 bits per heavy atom.